The highest BCUT2D eigenvalue weighted by atomic mass is 16.5. The lowest BCUT2D eigenvalue weighted by Crippen LogP contribution is -2.39. The molecule has 2 N–H and O–H groups in total. The summed E-state index contributed by atoms with van der Waals surface area (Å²) >= 11 is 0. The highest BCUT2D eigenvalue weighted by Crippen LogP contribution is 2.11. The van der Waals surface area contributed by atoms with E-state index in [0.717, 1.165) is 37.8 Å². The number of ether oxygens (including phenoxy) is 1. The van der Waals surface area contributed by atoms with Gasteiger partial charge in [-0.25, -0.2) is 4.98 Å². The average molecular weight is 301 g/mol. The maximum Gasteiger partial charge on any atom is 0.191 e. The first-order valence-electron chi connectivity index (χ1n) is 7.35. The van der Waals surface area contributed by atoms with E-state index < -0.39 is 0 Å². The molecule has 0 aliphatic carbocycles. The average Bonchev–Trinajstić information content (AvgIpc) is 3.07. The summed E-state index contributed by atoms with van der Waals surface area (Å²) in [5.74, 6) is 1.70. The van der Waals surface area contributed by atoms with Crippen molar-refractivity contribution in [1.82, 2.24) is 20.2 Å². The van der Waals surface area contributed by atoms with Crippen molar-refractivity contribution >= 4 is 5.96 Å². The van der Waals surface area contributed by atoms with Crippen molar-refractivity contribution in [3.8, 4) is 5.75 Å². The lowest BCUT2D eigenvalue weighted by atomic mass is 10.1. The normalized spacial score (nSPS) is 11.3. The molecule has 1 aromatic heterocycles. The minimum atomic E-state index is 0.804. The van der Waals surface area contributed by atoms with Gasteiger partial charge < -0.3 is 19.9 Å². The Balaban J connectivity index is 1.67. The molecule has 118 valence electrons. The summed E-state index contributed by atoms with van der Waals surface area (Å²) in [5, 5.41) is 6.59. The summed E-state index contributed by atoms with van der Waals surface area (Å²) in [6.07, 6.45) is 6.47. The molecular weight excluding hydrogens is 278 g/mol. The van der Waals surface area contributed by atoms with Gasteiger partial charge in [0.15, 0.2) is 5.96 Å². The van der Waals surface area contributed by atoms with E-state index in [1.165, 1.54) is 5.56 Å². The molecule has 0 atom stereocenters. The number of benzene rings is 1. The van der Waals surface area contributed by atoms with Gasteiger partial charge >= 0.3 is 0 Å². The van der Waals surface area contributed by atoms with Crippen LogP contribution in [0.15, 0.2) is 48.0 Å². The number of nitrogens with zero attached hydrogens (tertiary/aromatic N) is 3. The molecule has 0 amide bonds. The number of imidazole rings is 1. The first kappa shape index (κ1) is 15.9. The fourth-order valence-electron chi connectivity index (χ4n) is 2.06. The number of rotatable bonds is 7. The second-order valence-corrected chi connectivity index (χ2v) is 4.82. The van der Waals surface area contributed by atoms with Crippen LogP contribution in [-0.4, -0.2) is 42.8 Å². The van der Waals surface area contributed by atoms with E-state index in [-0.39, 0.29) is 0 Å². The maximum absolute atomic E-state index is 5.15. The van der Waals surface area contributed by atoms with Gasteiger partial charge in [0.05, 0.1) is 13.4 Å². The van der Waals surface area contributed by atoms with Gasteiger partial charge in [-0.3, -0.25) is 4.99 Å². The van der Waals surface area contributed by atoms with Crippen molar-refractivity contribution < 1.29 is 4.74 Å². The molecule has 0 bridgehead atoms. The largest absolute Gasteiger partial charge is 0.497 e. The van der Waals surface area contributed by atoms with Crippen molar-refractivity contribution in [2.75, 3.05) is 27.2 Å². The van der Waals surface area contributed by atoms with Gasteiger partial charge in [0, 0.05) is 39.1 Å². The lowest BCUT2D eigenvalue weighted by Gasteiger charge is -2.12. The zero-order chi connectivity index (χ0) is 15.6. The van der Waals surface area contributed by atoms with Crippen LogP contribution >= 0.6 is 0 Å². The second kappa shape index (κ2) is 8.71. The van der Waals surface area contributed by atoms with E-state index in [0.29, 0.717) is 0 Å². The smallest absolute Gasteiger partial charge is 0.191 e. The van der Waals surface area contributed by atoms with E-state index in [4.69, 9.17) is 4.74 Å². The summed E-state index contributed by atoms with van der Waals surface area (Å²) in [7, 11) is 3.45. The van der Waals surface area contributed by atoms with Gasteiger partial charge in [0.1, 0.15) is 5.75 Å². The predicted octanol–water partition coefficient (Wildman–Crippen LogP) is 1.30. The molecule has 1 heterocycles. The molecule has 6 nitrogen and oxygen atoms in total. The third-order valence-electron chi connectivity index (χ3n) is 3.31. The standard InChI is InChI=1S/C16H23N5O/c1-17-16(20-10-12-21-11-9-18-13-21)19-8-7-14-3-5-15(22-2)6-4-14/h3-6,9,11,13H,7-8,10,12H2,1-2H3,(H2,17,19,20). The van der Waals surface area contributed by atoms with Crippen LogP contribution in [0, 0.1) is 0 Å². The Morgan fingerprint density at radius 2 is 2.00 bits per heavy atom. The molecule has 2 rings (SSSR count). The molecule has 1 aromatic carbocycles. The summed E-state index contributed by atoms with van der Waals surface area (Å²) < 4.78 is 7.18. The Bertz CT molecular complexity index is 563. The zero-order valence-electron chi connectivity index (χ0n) is 13.1. The topological polar surface area (TPSA) is 63.5 Å². The molecule has 6 heteroatoms. The number of nitrogens with one attached hydrogen (secondary N) is 2. The molecular formula is C16H23N5O. The van der Waals surface area contributed by atoms with Crippen LogP contribution in [0.3, 0.4) is 0 Å². The Morgan fingerprint density at radius 3 is 2.64 bits per heavy atom. The van der Waals surface area contributed by atoms with Crippen LogP contribution in [-0.2, 0) is 13.0 Å². The Morgan fingerprint density at radius 1 is 1.23 bits per heavy atom. The van der Waals surface area contributed by atoms with Crippen molar-refractivity contribution in [3.63, 3.8) is 0 Å². The molecule has 2 aromatic rings. The Labute approximate surface area is 131 Å². The van der Waals surface area contributed by atoms with Gasteiger partial charge in [0.2, 0.25) is 0 Å². The van der Waals surface area contributed by atoms with Gasteiger partial charge in [-0.2, -0.15) is 0 Å². The Hall–Kier alpha value is -2.50. The summed E-state index contributed by atoms with van der Waals surface area (Å²) in [6, 6.07) is 8.12. The van der Waals surface area contributed by atoms with Crippen molar-refractivity contribution in [2.24, 2.45) is 4.99 Å². The van der Waals surface area contributed by atoms with Crippen LogP contribution in [0.2, 0.25) is 0 Å². The minimum absolute atomic E-state index is 0.804. The molecule has 0 aliphatic rings. The van der Waals surface area contributed by atoms with Gasteiger partial charge in [0.25, 0.3) is 0 Å². The van der Waals surface area contributed by atoms with Crippen molar-refractivity contribution in [3.05, 3.63) is 48.5 Å². The van der Waals surface area contributed by atoms with E-state index in [1.807, 2.05) is 29.2 Å². The van der Waals surface area contributed by atoms with Crippen molar-refractivity contribution in [1.29, 1.82) is 0 Å². The van der Waals surface area contributed by atoms with E-state index in [1.54, 1.807) is 20.4 Å². The number of aromatic nitrogens is 2. The maximum atomic E-state index is 5.15. The van der Waals surface area contributed by atoms with Crippen LogP contribution in [0.4, 0.5) is 0 Å². The predicted molar refractivity (Wildman–Crippen MR) is 88.3 cm³/mol. The molecule has 0 fully saturated rings. The third-order valence-corrected chi connectivity index (χ3v) is 3.31. The number of hydrogen-bond acceptors (Lipinski definition) is 3. The Kier molecular flexibility index (Phi) is 6.29. The molecule has 0 unspecified atom stereocenters. The number of guanidine groups is 1. The van der Waals surface area contributed by atoms with Crippen LogP contribution < -0.4 is 15.4 Å². The fourth-order valence-corrected chi connectivity index (χ4v) is 2.06. The quantitative estimate of drug-likeness (QED) is 0.598. The number of hydrogen-bond donors (Lipinski definition) is 2. The van der Waals surface area contributed by atoms with Gasteiger partial charge in [-0.15, -0.1) is 0 Å². The highest BCUT2D eigenvalue weighted by Gasteiger charge is 1.99. The molecule has 22 heavy (non-hydrogen) atoms. The van der Waals surface area contributed by atoms with E-state index in [9.17, 15) is 0 Å². The molecule has 0 spiro atoms. The van der Waals surface area contributed by atoms with Gasteiger partial charge in [-0.1, -0.05) is 12.1 Å². The zero-order valence-corrected chi connectivity index (χ0v) is 13.1. The SMILES string of the molecule is CN=C(NCCc1ccc(OC)cc1)NCCn1ccnc1. The summed E-state index contributed by atoms with van der Waals surface area (Å²) in [5.41, 5.74) is 1.27. The monoisotopic (exact) mass is 301 g/mol. The molecule has 0 saturated carbocycles. The summed E-state index contributed by atoms with van der Waals surface area (Å²) in [6.45, 7) is 2.49. The van der Waals surface area contributed by atoms with Crippen LogP contribution in [0.1, 0.15) is 5.56 Å². The summed E-state index contributed by atoms with van der Waals surface area (Å²) in [4.78, 5) is 8.23. The van der Waals surface area contributed by atoms with E-state index in [2.05, 4.69) is 32.7 Å². The lowest BCUT2D eigenvalue weighted by molar-refractivity contribution is 0.414. The molecule has 0 aliphatic heterocycles. The highest BCUT2D eigenvalue weighted by molar-refractivity contribution is 5.79. The fraction of sp³-hybridized carbons (Fsp3) is 0.375. The van der Waals surface area contributed by atoms with E-state index >= 15 is 0 Å². The minimum Gasteiger partial charge on any atom is -0.497 e. The van der Waals surface area contributed by atoms with Crippen LogP contribution in [0.5, 0.6) is 5.75 Å². The molecule has 0 radical (unpaired) electrons. The van der Waals surface area contributed by atoms with Crippen LogP contribution in [0.25, 0.3) is 0 Å². The van der Waals surface area contributed by atoms with Crippen molar-refractivity contribution in [2.45, 2.75) is 13.0 Å². The second-order valence-electron chi connectivity index (χ2n) is 4.82. The molecule has 0 saturated heterocycles. The third kappa shape index (κ3) is 5.12. The first-order chi connectivity index (χ1) is 10.8. The number of methoxy groups -OCH3 is 1. The first-order valence-corrected chi connectivity index (χ1v) is 7.35. The number of aliphatic imine (C=N–C) groups is 1. The van der Waals surface area contributed by atoms with Gasteiger partial charge in [-0.05, 0) is 24.1 Å².